The fraction of sp³-hybridized carbons (Fsp3) is 0.176. The average Bonchev–Trinajstić information content (AvgIpc) is 2.47. The minimum Gasteiger partial charge on any atom is -0.267 e. The van der Waals surface area contributed by atoms with E-state index >= 15 is 0 Å². The highest BCUT2D eigenvalue weighted by Gasteiger charge is 2.08. The van der Waals surface area contributed by atoms with E-state index in [2.05, 4.69) is 52.4 Å². The van der Waals surface area contributed by atoms with Gasteiger partial charge in [0.15, 0.2) is 0 Å². The molecule has 2 aromatic rings. The number of hydrogen-bond acceptors (Lipinski definition) is 2. The quantitative estimate of drug-likeness (QED) is 0.657. The number of benzene rings is 2. The van der Waals surface area contributed by atoms with E-state index in [1.54, 1.807) is 6.07 Å². The SMILES string of the molecule is C/C(=N/NC(=O)c1ccccc1Br)c1ccc(C)c(C)c1. The lowest BCUT2D eigenvalue weighted by Crippen LogP contribution is -2.19. The van der Waals surface area contributed by atoms with Gasteiger partial charge in [-0.25, -0.2) is 5.43 Å². The van der Waals surface area contributed by atoms with E-state index in [1.807, 2.05) is 31.2 Å². The van der Waals surface area contributed by atoms with Crippen molar-refractivity contribution in [2.45, 2.75) is 20.8 Å². The Kier molecular flexibility index (Phi) is 4.91. The molecule has 0 aromatic heterocycles. The number of carbonyl (C=O) groups is 1. The summed E-state index contributed by atoms with van der Waals surface area (Å²) in [6, 6.07) is 13.4. The Morgan fingerprint density at radius 2 is 1.81 bits per heavy atom. The third kappa shape index (κ3) is 3.79. The molecule has 0 aliphatic heterocycles. The number of amides is 1. The summed E-state index contributed by atoms with van der Waals surface area (Å²) in [6.45, 7) is 6.01. The molecule has 0 spiro atoms. The molecule has 108 valence electrons. The number of hydrazone groups is 1. The Labute approximate surface area is 133 Å². The fourth-order valence-electron chi connectivity index (χ4n) is 1.87. The molecular weight excluding hydrogens is 328 g/mol. The second-order valence-corrected chi connectivity index (χ2v) is 5.77. The molecule has 1 amide bonds. The number of halogens is 1. The summed E-state index contributed by atoms with van der Waals surface area (Å²) < 4.78 is 0.751. The first kappa shape index (κ1) is 15.4. The van der Waals surface area contributed by atoms with Gasteiger partial charge in [-0.15, -0.1) is 0 Å². The number of aryl methyl sites for hydroxylation is 2. The lowest BCUT2D eigenvalue weighted by Gasteiger charge is -2.06. The summed E-state index contributed by atoms with van der Waals surface area (Å²) in [7, 11) is 0. The van der Waals surface area contributed by atoms with Gasteiger partial charge in [0.2, 0.25) is 0 Å². The fourth-order valence-corrected chi connectivity index (χ4v) is 2.34. The first-order chi connectivity index (χ1) is 9.99. The van der Waals surface area contributed by atoms with Crippen LogP contribution in [0.15, 0.2) is 52.0 Å². The van der Waals surface area contributed by atoms with Crippen molar-refractivity contribution in [1.82, 2.24) is 5.43 Å². The predicted octanol–water partition coefficient (Wildman–Crippen LogP) is 4.22. The monoisotopic (exact) mass is 344 g/mol. The van der Waals surface area contributed by atoms with Crippen LogP contribution in [-0.2, 0) is 0 Å². The molecule has 1 N–H and O–H groups in total. The van der Waals surface area contributed by atoms with Crippen molar-refractivity contribution < 1.29 is 4.79 Å². The maximum absolute atomic E-state index is 12.1. The molecule has 0 radical (unpaired) electrons. The summed E-state index contributed by atoms with van der Waals surface area (Å²) >= 11 is 3.36. The standard InChI is InChI=1S/C17H17BrN2O/c1-11-8-9-14(10-12(11)2)13(3)19-20-17(21)15-6-4-5-7-16(15)18/h4-10H,1-3H3,(H,20,21)/b19-13-. The van der Waals surface area contributed by atoms with Gasteiger partial charge in [-0.1, -0.05) is 24.3 Å². The molecule has 3 nitrogen and oxygen atoms in total. The Bertz CT molecular complexity index is 708. The zero-order valence-corrected chi connectivity index (χ0v) is 13.9. The first-order valence-corrected chi connectivity index (χ1v) is 7.45. The van der Waals surface area contributed by atoms with Crippen LogP contribution in [0, 0.1) is 13.8 Å². The maximum atomic E-state index is 12.1. The topological polar surface area (TPSA) is 41.5 Å². The van der Waals surface area contributed by atoms with Gasteiger partial charge in [0.1, 0.15) is 0 Å². The highest BCUT2D eigenvalue weighted by atomic mass is 79.9. The molecule has 0 saturated carbocycles. The smallest absolute Gasteiger partial charge is 0.267 e. The second-order valence-electron chi connectivity index (χ2n) is 4.92. The third-order valence-corrected chi connectivity index (χ3v) is 4.06. The van der Waals surface area contributed by atoms with Gasteiger partial charge in [0.05, 0.1) is 11.3 Å². The summed E-state index contributed by atoms with van der Waals surface area (Å²) in [5.41, 5.74) is 7.38. The normalized spacial score (nSPS) is 11.3. The minimum atomic E-state index is -0.231. The van der Waals surface area contributed by atoms with Gasteiger partial charge in [0, 0.05) is 4.47 Å². The molecule has 4 heteroatoms. The van der Waals surface area contributed by atoms with Crippen molar-refractivity contribution in [1.29, 1.82) is 0 Å². The molecule has 2 aromatic carbocycles. The molecule has 0 bridgehead atoms. The Hall–Kier alpha value is -1.94. The predicted molar refractivity (Wildman–Crippen MR) is 89.7 cm³/mol. The van der Waals surface area contributed by atoms with Crippen LogP contribution in [0.3, 0.4) is 0 Å². The Morgan fingerprint density at radius 1 is 1.10 bits per heavy atom. The van der Waals surface area contributed by atoms with E-state index in [0.717, 1.165) is 15.7 Å². The Balaban J connectivity index is 2.15. The molecule has 0 atom stereocenters. The lowest BCUT2D eigenvalue weighted by atomic mass is 10.0. The summed E-state index contributed by atoms with van der Waals surface area (Å²) in [6.07, 6.45) is 0. The largest absolute Gasteiger partial charge is 0.272 e. The van der Waals surface area contributed by atoms with E-state index < -0.39 is 0 Å². The van der Waals surface area contributed by atoms with Crippen LogP contribution in [-0.4, -0.2) is 11.6 Å². The van der Waals surface area contributed by atoms with E-state index in [9.17, 15) is 4.79 Å². The molecule has 0 saturated heterocycles. The highest BCUT2D eigenvalue weighted by Crippen LogP contribution is 2.15. The summed E-state index contributed by atoms with van der Waals surface area (Å²) in [5.74, 6) is -0.231. The van der Waals surface area contributed by atoms with Gasteiger partial charge in [0.25, 0.3) is 5.91 Å². The molecule has 0 heterocycles. The van der Waals surface area contributed by atoms with Crippen LogP contribution in [0.5, 0.6) is 0 Å². The van der Waals surface area contributed by atoms with E-state index in [1.165, 1.54) is 11.1 Å². The zero-order valence-electron chi connectivity index (χ0n) is 12.3. The van der Waals surface area contributed by atoms with Crippen molar-refractivity contribution in [3.05, 3.63) is 69.2 Å². The van der Waals surface area contributed by atoms with Gasteiger partial charge in [-0.05, 0) is 71.6 Å². The van der Waals surface area contributed by atoms with Crippen LogP contribution in [0.4, 0.5) is 0 Å². The van der Waals surface area contributed by atoms with Crippen molar-refractivity contribution in [2.75, 3.05) is 0 Å². The summed E-state index contributed by atoms with van der Waals surface area (Å²) in [4.78, 5) is 12.1. The average molecular weight is 345 g/mol. The van der Waals surface area contributed by atoms with Gasteiger partial charge in [-0.2, -0.15) is 5.10 Å². The molecule has 0 fully saturated rings. The molecular formula is C17H17BrN2O. The molecule has 0 aliphatic rings. The van der Waals surface area contributed by atoms with E-state index in [-0.39, 0.29) is 5.91 Å². The zero-order chi connectivity index (χ0) is 15.4. The van der Waals surface area contributed by atoms with Crippen molar-refractivity contribution in [3.63, 3.8) is 0 Å². The first-order valence-electron chi connectivity index (χ1n) is 6.66. The van der Waals surface area contributed by atoms with Gasteiger partial charge < -0.3 is 0 Å². The minimum absolute atomic E-state index is 0.231. The number of hydrogen-bond donors (Lipinski definition) is 1. The number of carbonyl (C=O) groups excluding carboxylic acids is 1. The number of nitrogens with one attached hydrogen (secondary N) is 1. The summed E-state index contributed by atoms with van der Waals surface area (Å²) in [5, 5.41) is 4.18. The Morgan fingerprint density at radius 3 is 2.48 bits per heavy atom. The molecule has 2 rings (SSSR count). The van der Waals surface area contributed by atoms with Crippen molar-refractivity contribution in [2.24, 2.45) is 5.10 Å². The molecule has 0 aliphatic carbocycles. The van der Waals surface area contributed by atoms with Crippen LogP contribution < -0.4 is 5.43 Å². The third-order valence-electron chi connectivity index (χ3n) is 3.37. The van der Waals surface area contributed by atoms with Crippen LogP contribution in [0.25, 0.3) is 0 Å². The lowest BCUT2D eigenvalue weighted by molar-refractivity contribution is 0.0954. The van der Waals surface area contributed by atoms with E-state index in [4.69, 9.17) is 0 Å². The highest BCUT2D eigenvalue weighted by molar-refractivity contribution is 9.10. The van der Waals surface area contributed by atoms with Crippen LogP contribution in [0.2, 0.25) is 0 Å². The van der Waals surface area contributed by atoms with Crippen LogP contribution >= 0.6 is 15.9 Å². The van der Waals surface area contributed by atoms with Gasteiger partial charge >= 0.3 is 0 Å². The van der Waals surface area contributed by atoms with Crippen molar-refractivity contribution in [3.8, 4) is 0 Å². The molecule has 0 unspecified atom stereocenters. The van der Waals surface area contributed by atoms with Gasteiger partial charge in [-0.3, -0.25) is 4.79 Å². The molecule has 21 heavy (non-hydrogen) atoms. The number of rotatable bonds is 3. The van der Waals surface area contributed by atoms with Crippen molar-refractivity contribution >= 4 is 27.5 Å². The van der Waals surface area contributed by atoms with E-state index in [0.29, 0.717) is 5.56 Å². The maximum Gasteiger partial charge on any atom is 0.272 e. The van der Waals surface area contributed by atoms with Crippen LogP contribution in [0.1, 0.15) is 34.0 Å². The number of nitrogens with zero attached hydrogens (tertiary/aromatic N) is 1. The second kappa shape index (κ2) is 6.68.